The van der Waals surface area contributed by atoms with Crippen LogP contribution < -0.4 is 0 Å². The van der Waals surface area contributed by atoms with E-state index in [0.717, 1.165) is 0 Å². The van der Waals surface area contributed by atoms with E-state index >= 15 is 0 Å². The van der Waals surface area contributed by atoms with Crippen LogP contribution in [0.5, 0.6) is 0 Å². The standard InChI is InChI=1S/C6H14O6.C3H8O3.C3H6O3.C2H6O/c7-1-3(9)5(11)6(12)4(10)2-8;4-1-3(6)2-5;1-2(4)3(5)6;1-2-3/h3-12H,1-2H2;3-6H,1-2H2;2,4H,1H3,(H,5,6);3H,2H2,1H3/t3-,4+,5-,6-;;;/m1.../s1. The molecule has 5 atom stereocenters. The topological polar surface area (TPSA) is 260 Å². The summed E-state index contributed by atoms with van der Waals surface area (Å²) < 4.78 is 0. The Labute approximate surface area is 156 Å². The molecule has 0 aliphatic heterocycles. The summed E-state index contributed by atoms with van der Waals surface area (Å²) in [5.41, 5.74) is 0. The first-order valence-electron chi connectivity index (χ1n) is 7.76. The Hall–Kier alpha value is -0.970. The Morgan fingerprint density at radius 2 is 0.926 bits per heavy atom. The minimum absolute atomic E-state index is 0.250. The van der Waals surface area contributed by atoms with Crippen molar-refractivity contribution in [2.45, 2.75) is 50.5 Å². The van der Waals surface area contributed by atoms with Crippen LogP contribution in [0.25, 0.3) is 0 Å². The van der Waals surface area contributed by atoms with Gasteiger partial charge >= 0.3 is 5.97 Å². The van der Waals surface area contributed by atoms with E-state index in [-0.39, 0.29) is 19.8 Å². The summed E-state index contributed by atoms with van der Waals surface area (Å²) >= 11 is 0. The van der Waals surface area contributed by atoms with E-state index in [0.29, 0.717) is 0 Å². The first kappa shape index (κ1) is 33.6. The number of carboxylic acids is 1. The molecule has 0 aromatic carbocycles. The zero-order valence-electron chi connectivity index (χ0n) is 15.3. The maximum atomic E-state index is 9.45. The van der Waals surface area contributed by atoms with Crippen molar-refractivity contribution < 1.29 is 66.1 Å². The molecule has 0 bridgehead atoms. The number of carbonyl (C=O) groups is 1. The lowest BCUT2D eigenvalue weighted by Gasteiger charge is -2.24. The lowest BCUT2D eigenvalue weighted by molar-refractivity contribution is -0.145. The van der Waals surface area contributed by atoms with Gasteiger partial charge in [-0.1, -0.05) is 0 Å². The zero-order chi connectivity index (χ0) is 22.6. The molecular weight excluding hydrogens is 376 g/mol. The monoisotopic (exact) mass is 410 g/mol. The fourth-order valence-electron chi connectivity index (χ4n) is 0.729. The van der Waals surface area contributed by atoms with Crippen molar-refractivity contribution >= 4 is 5.97 Å². The SMILES string of the molecule is CC(O)C(=O)O.CCO.OCC(O)CO.OC[C@@H](O)[C@@H](O)[C@H](O)[C@@H](O)CO. The van der Waals surface area contributed by atoms with E-state index in [4.69, 9.17) is 61.3 Å². The highest BCUT2D eigenvalue weighted by molar-refractivity contribution is 5.71. The Balaban J connectivity index is -0.000000149. The van der Waals surface area contributed by atoms with Crippen LogP contribution >= 0.6 is 0 Å². The normalized spacial score (nSPS) is 15.5. The Morgan fingerprint density at radius 3 is 1.00 bits per heavy atom. The summed E-state index contributed by atoms with van der Waals surface area (Å²) in [6.45, 7) is 0.947. The number of aliphatic hydroxyl groups is 11. The van der Waals surface area contributed by atoms with Gasteiger partial charge in [0.15, 0.2) is 0 Å². The van der Waals surface area contributed by atoms with Gasteiger partial charge in [0, 0.05) is 6.61 Å². The van der Waals surface area contributed by atoms with Crippen LogP contribution in [0.15, 0.2) is 0 Å². The van der Waals surface area contributed by atoms with Crippen LogP contribution in [0.3, 0.4) is 0 Å². The molecule has 0 amide bonds. The maximum Gasteiger partial charge on any atom is 0.332 e. The van der Waals surface area contributed by atoms with Gasteiger partial charge in [0.2, 0.25) is 0 Å². The number of hydrogen-bond acceptors (Lipinski definition) is 12. The third-order valence-corrected chi connectivity index (χ3v) is 2.29. The van der Waals surface area contributed by atoms with Crippen LogP contribution in [-0.4, -0.2) is 137 Å². The first-order valence-corrected chi connectivity index (χ1v) is 7.76. The van der Waals surface area contributed by atoms with Gasteiger partial charge in [-0.3, -0.25) is 0 Å². The summed E-state index contributed by atoms with van der Waals surface area (Å²) in [5, 5.41) is 99.5. The summed E-state index contributed by atoms with van der Waals surface area (Å²) in [7, 11) is 0. The van der Waals surface area contributed by atoms with E-state index in [9.17, 15) is 4.79 Å². The second-order valence-electron chi connectivity index (χ2n) is 4.83. The van der Waals surface area contributed by atoms with Crippen molar-refractivity contribution in [1.29, 1.82) is 0 Å². The fourth-order valence-corrected chi connectivity index (χ4v) is 0.729. The molecule has 168 valence electrons. The number of carboxylic acid groups (broad SMARTS) is 1. The maximum absolute atomic E-state index is 9.45. The summed E-state index contributed by atoms with van der Waals surface area (Å²) in [6.07, 6.45) is -8.58. The minimum Gasteiger partial charge on any atom is -0.479 e. The van der Waals surface area contributed by atoms with Gasteiger partial charge in [0.1, 0.15) is 36.6 Å². The molecule has 0 aliphatic carbocycles. The lowest BCUT2D eigenvalue weighted by Crippen LogP contribution is -2.46. The predicted octanol–water partition coefficient (Wildman–Crippen LogP) is -5.80. The second-order valence-corrected chi connectivity index (χ2v) is 4.83. The molecule has 0 heterocycles. The van der Waals surface area contributed by atoms with Gasteiger partial charge in [0.05, 0.1) is 26.4 Å². The lowest BCUT2D eigenvalue weighted by atomic mass is 10.0. The first-order chi connectivity index (χ1) is 12.4. The van der Waals surface area contributed by atoms with Gasteiger partial charge in [-0.05, 0) is 13.8 Å². The van der Waals surface area contributed by atoms with Gasteiger partial charge in [-0.15, -0.1) is 0 Å². The van der Waals surface area contributed by atoms with E-state index < -0.39 is 55.8 Å². The molecule has 13 nitrogen and oxygen atoms in total. The highest BCUT2D eigenvalue weighted by Crippen LogP contribution is 2.04. The van der Waals surface area contributed by atoms with Crippen molar-refractivity contribution in [3.63, 3.8) is 0 Å². The van der Waals surface area contributed by atoms with Crippen LogP contribution in [-0.2, 0) is 4.79 Å². The van der Waals surface area contributed by atoms with Crippen molar-refractivity contribution in [2.24, 2.45) is 0 Å². The molecule has 13 heteroatoms. The third kappa shape index (κ3) is 25.0. The van der Waals surface area contributed by atoms with Gasteiger partial charge < -0.3 is 61.3 Å². The molecule has 27 heavy (non-hydrogen) atoms. The van der Waals surface area contributed by atoms with Crippen LogP contribution in [0.1, 0.15) is 13.8 Å². The van der Waals surface area contributed by atoms with E-state index in [1.807, 2.05) is 0 Å². The Kier molecular flexibility index (Phi) is 28.7. The number of hydrogen-bond donors (Lipinski definition) is 12. The summed E-state index contributed by atoms with van der Waals surface area (Å²) in [5.74, 6) is -1.19. The Morgan fingerprint density at radius 1 is 0.704 bits per heavy atom. The number of aliphatic hydroxyl groups excluding tert-OH is 11. The van der Waals surface area contributed by atoms with Crippen molar-refractivity contribution in [1.82, 2.24) is 0 Å². The van der Waals surface area contributed by atoms with E-state index in [2.05, 4.69) is 0 Å². The highest BCUT2D eigenvalue weighted by atomic mass is 16.4. The summed E-state index contributed by atoms with van der Waals surface area (Å²) in [6, 6.07) is 0. The molecule has 1 unspecified atom stereocenters. The molecule has 0 saturated carbocycles. The van der Waals surface area contributed by atoms with Crippen LogP contribution in [0.4, 0.5) is 0 Å². The molecule has 0 saturated heterocycles. The number of aliphatic carboxylic acids is 1. The predicted molar refractivity (Wildman–Crippen MR) is 90.5 cm³/mol. The molecule has 12 N–H and O–H groups in total. The van der Waals surface area contributed by atoms with Gasteiger partial charge in [-0.2, -0.15) is 0 Å². The molecule has 0 aromatic rings. The average molecular weight is 410 g/mol. The van der Waals surface area contributed by atoms with Crippen LogP contribution in [0.2, 0.25) is 0 Å². The molecule has 0 radical (unpaired) electrons. The number of rotatable bonds is 8. The largest absolute Gasteiger partial charge is 0.479 e. The zero-order valence-corrected chi connectivity index (χ0v) is 15.3. The summed E-state index contributed by atoms with van der Waals surface area (Å²) in [4.78, 5) is 9.45. The van der Waals surface area contributed by atoms with Crippen molar-refractivity contribution in [3.05, 3.63) is 0 Å². The van der Waals surface area contributed by atoms with E-state index in [1.54, 1.807) is 6.92 Å². The highest BCUT2D eigenvalue weighted by Gasteiger charge is 2.29. The second kappa shape index (κ2) is 23.1. The third-order valence-electron chi connectivity index (χ3n) is 2.29. The molecule has 0 rings (SSSR count). The molecule has 0 fully saturated rings. The minimum atomic E-state index is -1.67. The fraction of sp³-hybridized carbons (Fsp3) is 0.929. The molecule has 0 spiro atoms. The van der Waals surface area contributed by atoms with Crippen molar-refractivity contribution in [2.75, 3.05) is 33.0 Å². The smallest absolute Gasteiger partial charge is 0.332 e. The van der Waals surface area contributed by atoms with Crippen LogP contribution in [0, 0.1) is 0 Å². The van der Waals surface area contributed by atoms with E-state index in [1.165, 1.54) is 6.92 Å². The average Bonchev–Trinajstić information content (AvgIpc) is 2.66. The molecule has 0 aromatic heterocycles. The Bertz CT molecular complexity index is 285. The van der Waals surface area contributed by atoms with Gasteiger partial charge in [-0.25, -0.2) is 4.79 Å². The quantitative estimate of drug-likeness (QED) is 0.178. The van der Waals surface area contributed by atoms with Crippen molar-refractivity contribution in [3.8, 4) is 0 Å². The van der Waals surface area contributed by atoms with Gasteiger partial charge in [0.25, 0.3) is 0 Å². The molecular formula is C14H34O13. The molecule has 0 aliphatic rings.